The molecule has 0 atom stereocenters. The molecule has 1 rings (SSSR count). The van der Waals surface area contributed by atoms with Gasteiger partial charge >= 0.3 is 6.18 Å². The van der Waals surface area contributed by atoms with Crippen molar-refractivity contribution in [2.45, 2.75) is 17.5 Å². The molecule has 0 aliphatic heterocycles. The molecule has 1 aromatic rings. The molecular formula is C11H13ClF3NO3S. The summed E-state index contributed by atoms with van der Waals surface area (Å²) in [6.07, 6.45) is -4.47. The minimum absolute atomic E-state index is 0.0128. The van der Waals surface area contributed by atoms with Crippen LogP contribution < -0.4 is 5.73 Å². The first-order chi connectivity index (χ1) is 9.12. The van der Waals surface area contributed by atoms with Crippen molar-refractivity contribution in [3.8, 4) is 0 Å². The van der Waals surface area contributed by atoms with E-state index in [1.807, 2.05) is 0 Å². The number of halogens is 4. The van der Waals surface area contributed by atoms with Crippen LogP contribution in [0.2, 0.25) is 5.02 Å². The smallest absolute Gasteiger partial charge is 0.399 e. The van der Waals surface area contributed by atoms with Crippen LogP contribution in [0.4, 0.5) is 18.9 Å². The number of alkyl halides is 3. The predicted molar refractivity (Wildman–Crippen MR) is 69.4 cm³/mol. The topological polar surface area (TPSA) is 69.4 Å². The van der Waals surface area contributed by atoms with Crippen molar-refractivity contribution in [1.82, 2.24) is 0 Å². The van der Waals surface area contributed by atoms with Gasteiger partial charge in [0.1, 0.15) is 6.61 Å². The van der Waals surface area contributed by atoms with Gasteiger partial charge in [-0.05, 0) is 24.6 Å². The van der Waals surface area contributed by atoms with Gasteiger partial charge in [-0.15, -0.1) is 0 Å². The van der Waals surface area contributed by atoms with E-state index in [0.29, 0.717) is 5.69 Å². The molecule has 0 radical (unpaired) electrons. The Morgan fingerprint density at radius 2 is 1.95 bits per heavy atom. The number of hydrogen-bond donors (Lipinski definition) is 1. The van der Waals surface area contributed by atoms with Gasteiger partial charge in [0, 0.05) is 12.3 Å². The van der Waals surface area contributed by atoms with E-state index >= 15 is 0 Å². The number of sulfone groups is 1. The summed E-state index contributed by atoms with van der Waals surface area (Å²) in [5.74, 6) is -0.353. The highest BCUT2D eigenvalue weighted by molar-refractivity contribution is 7.91. The normalized spacial score (nSPS) is 12.6. The fourth-order valence-electron chi connectivity index (χ4n) is 1.42. The molecule has 20 heavy (non-hydrogen) atoms. The molecule has 0 amide bonds. The lowest BCUT2D eigenvalue weighted by atomic mass is 10.3. The van der Waals surface area contributed by atoms with Gasteiger partial charge in [0.2, 0.25) is 0 Å². The quantitative estimate of drug-likeness (QED) is 0.642. The predicted octanol–water partition coefficient (Wildman–Crippen LogP) is 2.66. The summed E-state index contributed by atoms with van der Waals surface area (Å²) in [7, 11) is -3.67. The first-order valence-electron chi connectivity index (χ1n) is 5.54. The molecule has 0 unspecified atom stereocenters. The lowest BCUT2D eigenvalue weighted by Crippen LogP contribution is -2.18. The average Bonchev–Trinajstić information content (AvgIpc) is 2.26. The highest BCUT2D eigenvalue weighted by atomic mass is 35.5. The molecule has 2 N–H and O–H groups in total. The monoisotopic (exact) mass is 331 g/mol. The van der Waals surface area contributed by atoms with E-state index in [1.165, 1.54) is 18.2 Å². The maximum absolute atomic E-state index is 11.9. The van der Waals surface area contributed by atoms with Gasteiger partial charge in [0.05, 0.1) is 15.7 Å². The Kier molecular flexibility index (Phi) is 5.67. The average molecular weight is 332 g/mol. The van der Waals surface area contributed by atoms with E-state index in [0.717, 1.165) is 0 Å². The highest BCUT2D eigenvalue weighted by Gasteiger charge is 2.27. The molecule has 0 saturated carbocycles. The zero-order valence-corrected chi connectivity index (χ0v) is 11.9. The summed E-state index contributed by atoms with van der Waals surface area (Å²) in [5, 5.41) is -0.0128. The van der Waals surface area contributed by atoms with Crippen LogP contribution in [0.1, 0.15) is 6.42 Å². The Hall–Kier alpha value is -0.990. The van der Waals surface area contributed by atoms with Crippen LogP contribution >= 0.6 is 11.6 Å². The van der Waals surface area contributed by atoms with Crippen molar-refractivity contribution in [2.75, 3.05) is 24.7 Å². The van der Waals surface area contributed by atoms with Crippen molar-refractivity contribution in [1.29, 1.82) is 0 Å². The first kappa shape index (κ1) is 17.1. The van der Waals surface area contributed by atoms with Gasteiger partial charge in [-0.3, -0.25) is 0 Å². The minimum atomic E-state index is -4.42. The molecule has 0 aliphatic rings. The fourth-order valence-corrected chi connectivity index (χ4v) is 3.31. The maximum Gasteiger partial charge on any atom is 0.411 e. The van der Waals surface area contributed by atoms with Gasteiger partial charge in [0.15, 0.2) is 9.84 Å². The Labute approximate surface area is 119 Å². The van der Waals surface area contributed by atoms with Gasteiger partial charge in [-0.25, -0.2) is 8.42 Å². The highest BCUT2D eigenvalue weighted by Crippen LogP contribution is 2.25. The number of benzene rings is 1. The molecule has 0 aromatic heterocycles. The number of ether oxygens (including phenoxy) is 1. The largest absolute Gasteiger partial charge is 0.411 e. The summed E-state index contributed by atoms with van der Waals surface area (Å²) >= 11 is 5.77. The standard InChI is InChI=1S/C11H13ClF3NO3S/c12-9-6-8(16)2-3-10(9)20(17,18)5-1-4-19-7-11(13,14)15/h2-3,6H,1,4-5,7,16H2. The van der Waals surface area contributed by atoms with Crippen LogP contribution in [0.3, 0.4) is 0 Å². The van der Waals surface area contributed by atoms with Crippen LogP contribution in [0, 0.1) is 0 Å². The number of rotatable bonds is 6. The van der Waals surface area contributed by atoms with Gasteiger partial charge in [-0.2, -0.15) is 13.2 Å². The Morgan fingerprint density at radius 1 is 1.30 bits per heavy atom. The third-order valence-corrected chi connectivity index (χ3v) is 4.54. The summed E-state index contributed by atoms with van der Waals surface area (Å²) in [4.78, 5) is -0.0933. The lowest BCUT2D eigenvalue weighted by Gasteiger charge is -2.09. The van der Waals surface area contributed by atoms with Crippen LogP contribution in [-0.2, 0) is 14.6 Å². The van der Waals surface area contributed by atoms with Crippen molar-refractivity contribution >= 4 is 27.1 Å². The Bertz CT molecular complexity index is 561. The second kappa shape index (κ2) is 6.64. The van der Waals surface area contributed by atoms with E-state index < -0.39 is 22.6 Å². The van der Waals surface area contributed by atoms with Crippen LogP contribution in [-0.4, -0.2) is 33.6 Å². The first-order valence-corrected chi connectivity index (χ1v) is 7.57. The van der Waals surface area contributed by atoms with E-state index in [4.69, 9.17) is 17.3 Å². The molecule has 0 heterocycles. The second-order valence-electron chi connectivity index (χ2n) is 4.03. The SMILES string of the molecule is Nc1ccc(S(=O)(=O)CCCOCC(F)(F)F)c(Cl)c1. The maximum atomic E-state index is 11.9. The van der Waals surface area contributed by atoms with Crippen LogP contribution in [0.15, 0.2) is 23.1 Å². The molecule has 0 spiro atoms. The van der Waals surface area contributed by atoms with Gasteiger partial charge < -0.3 is 10.5 Å². The van der Waals surface area contributed by atoms with Crippen LogP contribution in [0.25, 0.3) is 0 Å². The molecule has 4 nitrogen and oxygen atoms in total. The number of nitrogen functional groups attached to an aromatic ring is 1. The zero-order valence-electron chi connectivity index (χ0n) is 10.3. The number of nitrogens with two attached hydrogens (primary N) is 1. The molecule has 1 aromatic carbocycles. The van der Waals surface area contributed by atoms with Gasteiger partial charge in [-0.1, -0.05) is 11.6 Å². The third-order valence-electron chi connectivity index (χ3n) is 2.26. The number of anilines is 1. The van der Waals surface area contributed by atoms with Crippen molar-refractivity contribution < 1.29 is 26.3 Å². The summed E-state index contributed by atoms with van der Waals surface area (Å²) < 4.78 is 63.6. The molecule has 0 saturated heterocycles. The molecule has 114 valence electrons. The zero-order chi connectivity index (χ0) is 15.4. The second-order valence-corrected chi connectivity index (χ2v) is 6.51. The molecule has 0 aliphatic carbocycles. The van der Waals surface area contributed by atoms with E-state index in [1.54, 1.807) is 0 Å². The number of hydrogen-bond acceptors (Lipinski definition) is 4. The summed E-state index contributed by atoms with van der Waals surface area (Å²) in [6.45, 7) is -1.69. The molecular weight excluding hydrogens is 319 g/mol. The van der Waals surface area contributed by atoms with Crippen molar-refractivity contribution in [3.63, 3.8) is 0 Å². The molecule has 9 heteroatoms. The fraction of sp³-hybridized carbons (Fsp3) is 0.455. The van der Waals surface area contributed by atoms with E-state index in [-0.39, 0.29) is 28.7 Å². The molecule has 0 bridgehead atoms. The van der Waals surface area contributed by atoms with E-state index in [9.17, 15) is 21.6 Å². The van der Waals surface area contributed by atoms with E-state index in [2.05, 4.69) is 4.74 Å². The minimum Gasteiger partial charge on any atom is -0.399 e. The molecule has 0 fully saturated rings. The van der Waals surface area contributed by atoms with Crippen LogP contribution in [0.5, 0.6) is 0 Å². The van der Waals surface area contributed by atoms with Gasteiger partial charge in [0.25, 0.3) is 0 Å². The van der Waals surface area contributed by atoms with Crippen molar-refractivity contribution in [2.24, 2.45) is 0 Å². The third kappa shape index (κ3) is 5.56. The Morgan fingerprint density at radius 3 is 2.50 bits per heavy atom. The Balaban J connectivity index is 2.54. The lowest BCUT2D eigenvalue weighted by molar-refractivity contribution is -0.173. The summed E-state index contributed by atoms with van der Waals surface area (Å²) in [5.41, 5.74) is 5.77. The summed E-state index contributed by atoms with van der Waals surface area (Å²) in [6, 6.07) is 3.96. The van der Waals surface area contributed by atoms with Crippen molar-refractivity contribution in [3.05, 3.63) is 23.2 Å².